The van der Waals surface area contributed by atoms with E-state index in [1.54, 1.807) is 60.7 Å². The minimum atomic E-state index is -0.525. The largest absolute Gasteiger partial charge is 0.507 e. The van der Waals surface area contributed by atoms with Crippen molar-refractivity contribution < 1.29 is 19.4 Å². The van der Waals surface area contributed by atoms with Crippen molar-refractivity contribution in [2.75, 3.05) is 0 Å². The third-order valence-electron chi connectivity index (χ3n) is 3.70. The van der Waals surface area contributed by atoms with E-state index >= 15 is 0 Å². The fraction of sp³-hybridized carbons (Fsp3) is 0. The molecule has 0 unspecified atom stereocenters. The van der Waals surface area contributed by atoms with Gasteiger partial charge in [-0.3, -0.25) is 4.79 Å². The van der Waals surface area contributed by atoms with Gasteiger partial charge in [0.2, 0.25) is 0 Å². The first kappa shape index (κ1) is 19.1. The quantitative estimate of drug-likeness (QED) is 0.296. The van der Waals surface area contributed by atoms with Gasteiger partial charge in [-0.05, 0) is 66.2 Å². The molecule has 3 aromatic carbocycles. The fourth-order valence-corrected chi connectivity index (χ4v) is 2.39. The number of aromatic hydroxyl groups is 1. The van der Waals surface area contributed by atoms with Gasteiger partial charge < -0.3 is 9.84 Å². The number of hydrazone groups is 1. The van der Waals surface area contributed by atoms with Crippen molar-refractivity contribution in [3.05, 3.63) is 94.5 Å². The molecule has 0 radical (unpaired) electrons. The Morgan fingerprint density at radius 3 is 2.32 bits per heavy atom. The van der Waals surface area contributed by atoms with E-state index in [4.69, 9.17) is 16.3 Å². The lowest BCUT2D eigenvalue weighted by molar-refractivity contribution is 0.0734. The zero-order chi connectivity index (χ0) is 19.9. The maximum absolute atomic E-state index is 12.1. The highest BCUT2D eigenvalue weighted by molar-refractivity contribution is 6.30. The second-order valence-corrected chi connectivity index (χ2v) is 6.12. The van der Waals surface area contributed by atoms with Crippen molar-refractivity contribution >= 4 is 29.7 Å². The summed E-state index contributed by atoms with van der Waals surface area (Å²) in [6.45, 7) is 0. The number of amides is 1. The van der Waals surface area contributed by atoms with E-state index in [9.17, 15) is 14.7 Å². The maximum Gasteiger partial charge on any atom is 0.343 e. The first-order valence-corrected chi connectivity index (χ1v) is 8.60. The van der Waals surface area contributed by atoms with Gasteiger partial charge in [-0.25, -0.2) is 10.2 Å². The molecule has 6 nitrogen and oxygen atoms in total. The van der Waals surface area contributed by atoms with E-state index in [-0.39, 0.29) is 11.3 Å². The molecule has 0 fully saturated rings. The molecule has 0 bridgehead atoms. The first-order valence-electron chi connectivity index (χ1n) is 8.22. The van der Waals surface area contributed by atoms with Gasteiger partial charge in [-0.2, -0.15) is 5.10 Å². The van der Waals surface area contributed by atoms with Crippen LogP contribution in [0.25, 0.3) is 0 Å². The van der Waals surface area contributed by atoms with Crippen molar-refractivity contribution in [2.45, 2.75) is 0 Å². The van der Waals surface area contributed by atoms with Crippen LogP contribution >= 0.6 is 11.6 Å². The lowest BCUT2D eigenvalue weighted by Crippen LogP contribution is -2.17. The lowest BCUT2D eigenvalue weighted by Gasteiger charge is -2.05. The minimum absolute atomic E-state index is 0.123. The number of benzene rings is 3. The summed E-state index contributed by atoms with van der Waals surface area (Å²) in [5, 5.41) is 14.0. The smallest absolute Gasteiger partial charge is 0.343 e. The maximum atomic E-state index is 12.1. The molecular formula is C21H15ClN2O4. The summed E-state index contributed by atoms with van der Waals surface area (Å²) in [7, 11) is 0. The standard InChI is InChI=1S/C21H15ClN2O4/c22-16-9-7-15(8-10-16)21(27)28-17-11-5-14(6-12-17)13-23-24-20(26)18-3-1-2-4-19(18)25/h1-13,25H,(H,24,26)/b23-13+. The van der Waals surface area contributed by atoms with Gasteiger partial charge in [0.1, 0.15) is 11.5 Å². The third-order valence-corrected chi connectivity index (χ3v) is 3.95. The molecule has 3 aromatic rings. The second-order valence-electron chi connectivity index (χ2n) is 5.68. The summed E-state index contributed by atoms with van der Waals surface area (Å²) in [6, 6.07) is 19.1. The molecule has 0 spiro atoms. The van der Waals surface area contributed by atoms with Gasteiger partial charge in [0, 0.05) is 5.02 Å². The highest BCUT2D eigenvalue weighted by Crippen LogP contribution is 2.16. The molecule has 0 heterocycles. The number of ether oxygens (including phenoxy) is 1. The zero-order valence-corrected chi connectivity index (χ0v) is 15.3. The van der Waals surface area contributed by atoms with Gasteiger partial charge >= 0.3 is 5.97 Å². The number of nitrogens with one attached hydrogen (secondary N) is 1. The molecular weight excluding hydrogens is 380 g/mol. The molecule has 0 saturated heterocycles. The molecule has 0 saturated carbocycles. The van der Waals surface area contributed by atoms with Crippen molar-refractivity contribution in [1.29, 1.82) is 0 Å². The molecule has 1 amide bonds. The van der Waals surface area contributed by atoms with Crippen molar-refractivity contribution in [3.63, 3.8) is 0 Å². The van der Waals surface area contributed by atoms with Crippen LogP contribution in [0, 0.1) is 0 Å². The van der Waals surface area contributed by atoms with Crippen LogP contribution in [0.3, 0.4) is 0 Å². The zero-order valence-electron chi connectivity index (χ0n) is 14.5. The summed E-state index contributed by atoms with van der Waals surface area (Å²) < 4.78 is 5.28. The number of phenolic OH excluding ortho intramolecular Hbond substituents is 1. The average molecular weight is 395 g/mol. The van der Waals surface area contributed by atoms with Crippen LogP contribution in [0.1, 0.15) is 26.3 Å². The van der Waals surface area contributed by atoms with Crippen molar-refractivity contribution in [3.8, 4) is 11.5 Å². The Kier molecular flexibility index (Phi) is 6.04. The molecule has 0 aliphatic carbocycles. The van der Waals surface area contributed by atoms with Gasteiger partial charge in [0.25, 0.3) is 5.91 Å². The van der Waals surface area contributed by atoms with Crippen LogP contribution in [-0.2, 0) is 0 Å². The number of hydrogen-bond acceptors (Lipinski definition) is 5. The highest BCUT2D eigenvalue weighted by Gasteiger charge is 2.09. The van der Waals surface area contributed by atoms with Crippen LogP contribution in [-0.4, -0.2) is 23.2 Å². The Morgan fingerprint density at radius 1 is 0.964 bits per heavy atom. The van der Waals surface area contributed by atoms with Crippen molar-refractivity contribution in [2.24, 2.45) is 5.10 Å². The Hall–Kier alpha value is -3.64. The Labute approximate surface area is 166 Å². The number of carbonyl (C=O) groups is 2. The monoisotopic (exact) mass is 394 g/mol. The normalized spacial score (nSPS) is 10.6. The second kappa shape index (κ2) is 8.83. The Balaban J connectivity index is 1.57. The summed E-state index contributed by atoms with van der Waals surface area (Å²) in [5.74, 6) is -0.770. The van der Waals surface area contributed by atoms with E-state index in [0.717, 1.165) is 0 Å². The predicted molar refractivity (Wildman–Crippen MR) is 106 cm³/mol. The van der Waals surface area contributed by atoms with Crippen LogP contribution in [0.4, 0.5) is 0 Å². The van der Waals surface area contributed by atoms with E-state index in [2.05, 4.69) is 10.5 Å². The summed E-state index contributed by atoms with van der Waals surface area (Å²) in [5.41, 5.74) is 3.54. The number of carbonyl (C=O) groups excluding carboxylic acids is 2. The number of rotatable bonds is 5. The van der Waals surface area contributed by atoms with E-state index in [1.807, 2.05) is 0 Å². The van der Waals surface area contributed by atoms with Gasteiger partial charge in [-0.1, -0.05) is 23.7 Å². The topological polar surface area (TPSA) is 88.0 Å². The van der Waals surface area contributed by atoms with Crippen LogP contribution in [0.15, 0.2) is 77.9 Å². The number of nitrogens with zero attached hydrogens (tertiary/aromatic N) is 1. The van der Waals surface area contributed by atoms with Crippen LogP contribution in [0.2, 0.25) is 5.02 Å². The van der Waals surface area contributed by atoms with Gasteiger partial charge in [0.15, 0.2) is 0 Å². The summed E-state index contributed by atoms with van der Waals surface area (Å²) in [4.78, 5) is 24.0. The van der Waals surface area contributed by atoms with Gasteiger partial charge in [-0.15, -0.1) is 0 Å². The molecule has 2 N–H and O–H groups in total. The number of para-hydroxylation sites is 1. The lowest BCUT2D eigenvalue weighted by atomic mass is 10.2. The SMILES string of the molecule is O=C(Oc1ccc(/C=N/NC(=O)c2ccccc2O)cc1)c1ccc(Cl)cc1. The third kappa shape index (κ3) is 4.96. The summed E-state index contributed by atoms with van der Waals surface area (Å²) >= 11 is 5.79. The molecule has 0 aromatic heterocycles. The highest BCUT2D eigenvalue weighted by atomic mass is 35.5. The Morgan fingerprint density at radius 2 is 1.64 bits per heavy atom. The van der Waals surface area contributed by atoms with E-state index in [0.29, 0.717) is 21.9 Å². The number of esters is 1. The van der Waals surface area contributed by atoms with E-state index < -0.39 is 11.9 Å². The number of halogens is 1. The summed E-state index contributed by atoms with van der Waals surface area (Å²) in [6.07, 6.45) is 1.43. The molecule has 140 valence electrons. The predicted octanol–water partition coefficient (Wildman–Crippen LogP) is 4.03. The van der Waals surface area contributed by atoms with Crippen molar-refractivity contribution in [1.82, 2.24) is 5.43 Å². The average Bonchev–Trinajstić information content (AvgIpc) is 2.70. The van der Waals surface area contributed by atoms with E-state index in [1.165, 1.54) is 18.3 Å². The molecule has 0 aliphatic heterocycles. The fourth-order valence-electron chi connectivity index (χ4n) is 2.27. The van der Waals surface area contributed by atoms with Gasteiger partial charge in [0.05, 0.1) is 17.3 Å². The number of hydrogen-bond donors (Lipinski definition) is 2. The molecule has 7 heteroatoms. The number of phenols is 1. The molecule has 3 rings (SSSR count). The molecule has 0 aliphatic rings. The first-order chi connectivity index (χ1) is 13.5. The molecule has 0 atom stereocenters. The minimum Gasteiger partial charge on any atom is -0.507 e. The van der Waals surface area contributed by atoms with Crippen LogP contribution in [0.5, 0.6) is 11.5 Å². The van der Waals surface area contributed by atoms with Crippen LogP contribution < -0.4 is 10.2 Å². The Bertz CT molecular complexity index is 1020. The molecule has 28 heavy (non-hydrogen) atoms.